The molecule has 18 heavy (non-hydrogen) atoms. The van der Waals surface area contributed by atoms with E-state index in [4.69, 9.17) is 10.2 Å². The number of aliphatic hydroxyl groups excluding tert-OH is 1. The number of carbonyl (C=O) groups is 2. The Balaban J connectivity index is 2.54. The summed E-state index contributed by atoms with van der Waals surface area (Å²) in [5.41, 5.74) is -0.0633. The highest BCUT2D eigenvalue weighted by molar-refractivity contribution is 9.10. The van der Waals surface area contributed by atoms with Crippen LogP contribution in [0.3, 0.4) is 0 Å². The molecule has 1 aromatic rings. The van der Waals surface area contributed by atoms with Crippen LogP contribution in [0, 0.1) is 5.82 Å². The zero-order chi connectivity index (χ0) is 13.7. The Morgan fingerprint density at radius 3 is 2.72 bits per heavy atom. The molecule has 1 atom stereocenters. The molecule has 0 aliphatic rings. The van der Waals surface area contributed by atoms with E-state index in [2.05, 4.69) is 26.6 Å². The monoisotopic (exact) mass is 320 g/mol. The molecule has 4 N–H and O–H groups in total. The summed E-state index contributed by atoms with van der Waals surface area (Å²) in [6.45, 7) is -0.475. The topological polar surface area (TPSA) is 98.7 Å². The van der Waals surface area contributed by atoms with Gasteiger partial charge in [0.15, 0.2) is 6.10 Å². The first-order chi connectivity index (χ1) is 8.40. The number of anilines is 1. The molecule has 2 amide bonds. The number of halogens is 2. The number of hydrogen-bond acceptors (Lipinski definition) is 3. The van der Waals surface area contributed by atoms with Crippen LogP contribution in [0.4, 0.5) is 14.9 Å². The van der Waals surface area contributed by atoms with E-state index in [1.807, 2.05) is 0 Å². The number of aliphatic carboxylic acids is 1. The fourth-order valence-corrected chi connectivity index (χ4v) is 1.40. The Morgan fingerprint density at radius 1 is 1.44 bits per heavy atom. The van der Waals surface area contributed by atoms with E-state index < -0.39 is 30.5 Å². The molecule has 1 aromatic carbocycles. The van der Waals surface area contributed by atoms with Gasteiger partial charge in [0.05, 0.1) is 12.2 Å². The highest BCUT2D eigenvalue weighted by Gasteiger charge is 2.14. The van der Waals surface area contributed by atoms with Crippen molar-refractivity contribution in [2.75, 3.05) is 11.9 Å². The Morgan fingerprint density at radius 2 is 2.11 bits per heavy atom. The predicted octanol–water partition coefficient (Wildman–Crippen LogP) is 1.16. The molecule has 0 radical (unpaired) electrons. The second-order valence-electron chi connectivity index (χ2n) is 3.31. The number of benzene rings is 1. The summed E-state index contributed by atoms with van der Waals surface area (Å²) in [7, 11) is 0. The minimum atomic E-state index is -1.71. The van der Waals surface area contributed by atoms with E-state index >= 15 is 0 Å². The predicted molar refractivity (Wildman–Crippen MR) is 64.8 cm³/mol. The molecule has 0 saturated carbocycles. The largest absolute Gasteiger partial charge is 0.479 e. The first-order valence-corrected chi connectivity index (χ1v) is 5.60. The lowest BCUT2D eigenvalue weighted by Gasteiger charge is -2.10. The minimum Gasteiger partial charge on any atom is -0.479 e. The van der Waals surface area contributed by atoms with Gasteiger partial charge in [-0.1, -0.05) is 15.9 Å². The molecular formula is C10H10BrFN2O4. The molecule has 0 saturated heterocycles. The number of rotatable bonds is 4. The van der Waals surface area contributed by atoms with Gasteiger partial charge in [0.25, 0.3) is 0 Å². The summed E-state index contributed by atoms with van der Waals surface area (Å²) in [6, 6.07) is 3.16. The molecule has 0 spiro atoms. The second-order valence-corrected chi connectivity index (χ2v) is 4.23. The van der Waals surface area contributed by atoms with Crippen molar-refractivity contribution in [1.29, 1.82) is 0 Å². The summed E-state index contributed by atoms with van der Waals surface area (Å²) >= 11 is 3.11. The van der Waals surface area contributed by atoms with Gasteiger partial charge in [-0.2, -0.15) is 0 Å². The molecular weight excluding hydrogens is 311 g/mol. The molecule has 0 heterocycles. The number of urea groups is 1. The first-order valence-electron chi connectivity index (χ1n) is 4.81. The van der Waals surface area contributed by atoms with Gasteiger partial charge in [-0.15, -0.1) is 0 Å². The molecule has 0 fully saturated rings. The van der Waals surface area contributed by atoms with E-state index in [9.17, 15) is 14.0 Å². The van der Waals surface area contributed by atoms with Crippen molar-refractivity contribution < 1.29 is 24.2 Å². The van der Waals surface area contributed by atoms with E-state index in [0.29, 0.717) is 4.47 Å². The Bertz CT molecular complexity index is 469. The van der Waals surface area contributed by atoms with Crippen LogP contribution >= 0.6 is 15.9 Å². The van der Waals surface area contributed by atoms with E-state index in [1.54, 1.807) is 0 Å². The van der Waals surface area contributed by atoms with Gasteiger partial charge in [0.2, 0.25) is 0 Å². The van der Waals surface area contributed by atoms with Crippen LogP contribution in [0.1, 0.15) is 0 Å². The van der Waals surface area contributed by atoms with Crippen LogP contribution in [-0.2, 0) is 4.79 Å². The van der Waals surface area contributed by atoms with Crippen LogP contribution in [0.15, 0.2) is 22.7 Å². The Kier molecular flexibility index (Phi) is 5.05. The minimum absolute atomic E-state index is 0.0633. The van der Waals surface area contributed by atoms with Crippen LogP contribution in [0.5, 0.6) is 0 Å². The second kappa shape index (κ2) is 6.31. The van der Waals surface area contributed by atoms with Crippen molar-refractivity contribution in [2.45, 2.75) is 6.10 Å². The zero-order valence-corrected chi connectivity index (χ0v) is 10.6. The summed E-state index contributed by atoms with van der Waals surface area (Å²) in [4.78, 5) is 21.6. The highest BCUT2D eigenvalue weighted by atomic mass is 79.9. The van der Waals surface area contributed by atoms with Gasteiger partial charge in [-0.05, 0) is 18.2 Å². The summed E-state index contributed by atoms with van der Waals surface area (Å²) < 4.78 is 13.8. The number of carboxylic acids is 1. The van der Waals surface area contributed by atoms with Gasteiger partial charge in [0.1, 0.15) is 5.82 Å². The molecule has 0 aliphatic carbocycles. The number of carbonyl (C=O) groups excluding carboxylic acids is 1. The van der Waals surface area contributed by atoms with Gasteiger partial charge in [0, 0.05) is 4.47 Å². The molecule has 0 aliphatic heterocycles. The number of nitrogens with one attached hydrogen (secondary N) is 2. The molecule has 8 heteroatoms. The maximum absolute atomic E-state index is 13.3. The third-order valence-electron chi connectivity index (χ3n) is 1.92. The highest BCUT2D eigenvalue weighted by Crippen LogP contribution is 2.19. The fraction of sp³-hybridized carbons (Fsp3) is 0.200. The smallest absolute Gasteiger partial charge is 0.334 e. The third kappa shape index (κ3) is 4.30. The van der Waals surface area contributed by atoms with Crippen LogP contribution in [0.25, 0.3) is 0 Å². The number of aliphatic hydroxyl groups is 1. The van der Waals surface area contributed by atoms with Gasteiger partial charge in [-0.3, -0.25) is 0 Å². The quantitative estimate of drug-likeness (QED) is 0.669. The number of hydrogen-bond donors (Lipinski definition) is 4. The zero-order valence-electron chi connectivity index (χ0n) is 8.98. The maximum Gasteiger partial charge on any atom is 0.334 e. The molecule has 0 bridgehead atoms. The summed E-state index contributed by atoms with van der Waals surface area (Å²) in [6.07, 6.45) is -1.71. The van der Waals surface area contributed by atoms with Crippen molar-refractivity contribution in [1.82, 2.24) is 5.32 Å². The summed E-state index contributed by atoms with van der Waals surface area (Å²) in [5.74, 6) is -2.09. The maximum atomic E-state index is 13.3. The standard InChI is InChI=1S/C10H10BrFN2O4/c11-5-1-2-6(12)7(3-5)14-10(18)13-4-8(15)9(16)17/h1-3,8,15H,4H2,(H,16,17)(H2,13,14,18)/t8-/m0/s1. The fourth-order valence-electron chi connectivity index (χ4n) is 1.04. The van der Waals surface area contributed by atoms with Crippen molar-refractivity contribution in [3.8, 4) is 0 Å². The van der Waals surface area contributed by atoms with Crippen molar-refractivity contribution in [2.24, 2.45) is 0 Å². The molecule has 0 unspecified atom stereocenters. The van der Waals surface area contributed by atoms with E-state index in [-0.39, 0.29) is 5.69 Å². The molecule has 1 rings (SSSR count). The molecule has 6 nitrogen and oxygen atoms in total. The van der Waals surface area contributed by atoms with E-state index in [1.165, 1.54) is 12.1 Å². The SMILES string of the molecule is O=C(NC[C@H](O)C(=O)O)Nc1cc(Br)ccc1F. The van der Waals surface area contributed by atoms with Gasteiger partial charge >= 0.3 is 12.0 Å². The van der Waals surface area contributed by atoms with Crippen LogP contribution in [0.2, 0.25) is 0 Å². The normalized spacial score (nSPS) is 11.7. The number of amides is 2. The average Bonchev–Trinajstić information content (AvgIpc) is 2.30. The lowest BCUT2D eigenvalue weighted by Crippen LogP contribution is -2.38. The van der Waals surface area contributed by atoms with Gasteiger partial charge in [-0.25, -0.2) is 14.0 Å². The Labute approximate surface area is 110 Å². The Hall–Kier alpha value is -1.67. The van der Waals surface area contributed by atoms with Crippen LogP contribution < -0.4 is 10.6 Å². The summed E-state index contributed by atoms with van der Waals surface area (Å²) in [5, 5.41) is 21.6. The van der Waals surface area contributed by atoms with Crippen LogP contribution in [-0.4, -0.2) is 34.9 Å². The van der Waals surface area contributed by atoms with Crippen molar-refractivity contribution >= 4 is 33.6 Å². The van der Waals surface area contributed by atoms with Gasteiger partial charge < -0.3 is 20.8 Å². The first kappa shape index (κ1) is 14.4. The number of carboxylic acid groups (broad SMARTS) is 1. The third-order valence-corrected chi connectivity index (χ3v) is 2.41. The molecule has 0 aromatic heterocycles. The average molecular weight is 321 g/mol. The van der Waals surface area contributed by atoms with Crippen molar-refractivity contribution in [3.63, 3.8) is 0 Å². The lowest BCUT2D eigenvalue weighted by molar-refractivity contribution is -0.146. The lowest BCUT2D eigenvalue weighted by atomic mass is 10.3. The van der Waals surface area contributed by atoms with Crippen molar-refractivity contribution in [3.05, 3.63) is 28.5 Å². The van der Waals surface area contributed by atoms with E-state index in [0.717, 1.165) is 6.07 Å². The molecule has 98 valence electrons.